The number of hydrogen-bond donors (Lipinski definition) is 0. The van der Waals surface area contributed by atoms with Crippen LogP contribution in [0.15, 0.2) is 4.47 Å². The molecule has 5 heteroatoms. The van der Waals surface area contributed by atoms with E-state index in [1.54, 1.807) is 0 Å². The highest BCUT2D eigenvalue weighted by Gasteiger charge is 2.21. The van der Waals surface area contributed by atoms with E-state index < -0.39 is 0 Å². The van der Waals surface area contributed by atoms with Gasteiger partial charge < -0.3 is 4.90 Å². The summed E-state index contributed by atoms with van der Waals surface area (Å²) >= 11 is 3.66. The van der Waals surface area contributed by atoms with Crippen molar-refractivity contribution in [1.29, 1.82) is 0 Å². The molecule has 0 atom stereocenters. The number of halogens is 1. The van der Waals surface area contributed by atoms with Crippen molar-refractivity contribution in [2.45, 2.75) is 65.5 Å². The van der Waals surface area contributed by atoms with Crippen LogP contribution in [0.2, 0.25) is 0 Å². The van der Waals surface area contributed by atoms with Crippen molar-refractivity contribution in [3.63, 3.8) is 0 Å². The molecular formula is C15H24BrN3O. The molecule has 0 unspecified atom stereocenters. The molecule has 0 bridgehead atoms. The van der Waals surface area contributed by atoms with Crippen LogP contribution in [0.4, 0.5) is 0 Å². The Morgan fingerprint density at radius 3 is 2.65 bits per heavy atom. The number of carbonyl (C=O) groups excluding carboxylic acids is 1. The Labute approximate surface area is 129 Å². The SMILES string of the molecule is CCc1nn(CC)c(CN2CCCCCCC2=O)c1Br. The van der Waals surface area contributed by atoms with Crippen LogP contribution in [-0.2, 0) is 24.3 Å². The molecule has 0 spiro atoms. The fourth-order valence-electron chi connectivity index (χ4n) is 2.73. The first kappa shape index (κ1) is 15.5. The molecule has 0 aliphatic carbocycles. The van der Waals surface area contributed by atoms with E-state index in [2.05, 4.69) is 34.9 Å². The molecule has 2 rings (SSSR count). The van der Waals surface area contributed by atoms with Crippen LogP contribution in [0.3, 0.4) is 0 Å². The monoisotopic (exact) mass is 341 g/mol. The Morgan fingerprint density at radius 1 is 1.20 bits per heavy atom. The third-order valence-corrected chi connectivity index (χ3v) is 4.87. The van der Waals surface area contributed by atoms with E-state index in [0.29, 0.717) is 18.9 Å². The van der Waals surface area contributed by atoms with Gasteiger partial charge in [-0.3, -0.25) is 9.48 Å². The van der Waals surface area contributed by atoms with Crippen LogP contribution in [-0.4, -0.2) is 27.1 Å². The van der Waals surface area contributed by atoms with Crippen LogP contribution in [0.5, 0.6) is 0 Å². The maximum atomic E-state index is 12.2. The van der Waals surface area contributed by atoms with E-state index in [4.69, 9.17) is 0 Å². The zero-order valence-electron chi connectivity index (χ0n) is 12.5. The number of amides is 1. The van der Waals surface area contributed by atoms with Gasteiger partial charge in [0.2, 0.25) is 5.91 Å². The van der Waals surface area contributed by atoms with Gasteiger partial charge in [-0.25, -0.2) is 0 Å². The van der Waals surface area contributed by atoms with Gasteiger partial charge in [-0.05, 0) is 42.1 Å². The van der Waals surface area contributed by atoms with Gasteiger partial charge in [0, 0.05) is 19.5 Å². The van der Waals surface area contributed by atoms with E-state index in [-0.39, 0.29) is 0 Å². The van der Waals surface area contributed by atoms with Gasteiger partial charge in [0.05, 0.1) is 22.4 Å². The van der Waals surface area contributed by atoms with E-state index in [1.807, 2.05) is 9.58 Å². The van der Waals surface area contributed by atoms with Crippen molar-refractivity contribution in [2.75, 3.05) is 6.54 Å². The summed E-state index contributed by atoms with van der Waals surface area (Å²) in [6.45, 7) is 6.60. The van der Waals surface area contributed by atoms with Crippen molar-refractivity contribution in [3.8, 4) is 0 Å². The second-order valence-corrected chi connectivity index (χ2v) is 6.15. The van der Waals surface area contributed by atoms with Crippen LogP contribution in [0.1, 0.15) is 57.3 Å². The van der Waals surface area contributed by atoms with Gasteiger partial charge in [0.25, 0.3) is 0 Å². The molecule has 0 radical (unpaired) electrons. The second kappa shape index (κ2) is 7.25. The molecule has 20 heavy (non-hydrogen) atoms. The summed E-state index contributed by atoms with van der Waals surface area (Å²) in [6, 6.07) is 0. The van der Waals surface area contributed by atoms with Crippen molar-refractivity contribution in [2.24, 2.45) is 0 Å². The number of aromatic nitrogens is 2. The molecule has 1 fully saturated rings. The minimum Gasteiger partial charge on any atom is -0.337 e. The largest absolute Gasteiger partial charge is 0.337 e. The molecule has 1 aromatic rings. The molecular weight excluding hydrogens is 318 g/mol. The van der Waals surface area contributed by atoms with Crippen molar-refractivity contribution >= 4 is 21.8 Å². The Hall–Kier alpha value is -0.840. The number of aryl methyl sites for hydroxylation is 2. The predicted octanol–water partition coefficient (Wildman–Crippen LogP) is 3.52. The lowest BCUT2D eigenvalue weighted by Crippen LogP contribution is -2.33. The van der Waals surface area contributed by atoms with Gasteiger partial charge in [0.1, 0.15) is 0 Å². The van der Waals surface area contributed by atoms with Gasteiger partial charge in [0.15, 0.2) is 0 Å². The fraction of sp³-hybridized carbons (Fsp3) is 0.733. The van der Waals surface area contributed by atoms with Gasteiger partial charge in [-0.1, -0.05) is 19.8 Å². The Bertz CT molecular complexity index is 470. The zero-order valence-corrected chi connectivity index (χ0v) is 14.1. The highest BCUT2D eigenvalue weighted by atomic mass is 79.9. The van der Waals surface area contributed by atoms with Crippen LogP contribution >= 0.6 is 15.9 Å². The van der Waals surface area contributed by atoms with Crippen LogP contribution in [0, 0.1) is 0 Å². The summed E-state index contributed by atoms with van der Waals surface area (Å²) in [4.78, 5) is 14.2. The maximum Gasteiger partial charge on any atom is 0.222 e. The summed E-state index contributed by atoms with van der Waals surface area (Å²) in [5.74, 6) is 0.290. The van der Waals surface area contributed by atoms with Crippen LogP contribution in [0.25, 0.3) is 0 Å². The van der Waals surface area contributed by atoms with Gasteiger partial charge in [-0.2, -0.15) is 5.10 Å². The van der Waals surface area contributed by atoms with Gasteiger partial charge in [-0.15, -0.1) is 0 Å². The van der Waals surface area contributed by atoms with E-state index in [1.165, 1.54) is 12.8 Å². The van der Waals surface area contributed by atoms with Crippen molar-refractivity contribution in [3.05, 3.63) is 15.9 Å². The number of carbonyl (C=O) groups is 1. The van der Waals surface area contributed by atoms with Crippen molar-refractivity contribution in [1.82, 2.24) is 14.7 Å². The van der Waals surface area contributed by atoms with E-state index in [9.17, 15) is 4.79 Å². The Balaban J connectivity index is 2.18. The molecule has 1 aliphatic heterocycles. The first-order valence-corrected chi connectivity index (χ1v) is 8.48. The maximum absolute atomic E-state index is 12.2. The summed E-state index contributed by atoms with van der Waals surface area (Å²) in [6.07, 6.45) is 6.18. The summed E-state index contributed by atoms with van der Waals surface area (Å²) in [7, 11) is 0. The third-order valence-electron chi connectivity index (χ3n) is 3.96. The molecule has 1 aliphatic rings. The summed E-state index contributed by atoms with van der Waals surface area (Å²) in [5, 5.41) is 4.61. The first-order valence-electron chi connectivity index (χ1n) is 7.69. The smallest absolute Gasteiger partial charge is 0.222 e. The average Bonchev–Trinajstić information content (AvgIpc) is 2.74. The Morgan fingerprint density at radius 2 is 1.95 bits per heavy atom. The third kappa shape index (κ3) is 3.43. The molecule has 2 heterocycles. The molecule has 112 valence electrons. The molecule has 0 aromatic carbocycles. The predicted molar refractivity (Wildman–Crippen MR) is 83.5 cm³/mol. The highest BCUT2D eigenvalue weighted by molar-refractivity contribution is 9.10. The number of nitrogens with zero attached hydrogens (tertiary/aromatic N) is 3. The lowest BCUT2D eigenvalue weighted by Gasteiger charge is -2.25. The normalized spacial score (nSPS) is 17.1. The molecule has 4 nitrogen and oxygen atoms in total. The Kier molecular flexibility index (Phi) is 5.64. The molecule has 0 saturated carbocycles. The average molecular weight is 342 g/mol. The molecule has 0 N–H and O–H groups in total. The summed E-state index contributed by atoms with van der Waals surface area (Å²) in [5.41, 5.74) is 2.22. The fourth-order valence-corrected chi connectivity index (χ4v) is 3.42. The summed E-state index contributed by atoms with van der Waals surface area (Å²) < 4.78 is 3.10. The van der Waals surface area contributed by atoms with Gasteiger partial charge >= 0.3 is 0 Å². The molecule has 1 aromatic heterocycles. The van der Waals surface area contributed by atoms with Crippen molar-refractivity contribution < 1.29 is 4.79 Å². The second-order valence-electron chi connectivity index (χ2n) is 5.36. The molecule has 1 saturated heterocycles. The number of hydrogen-bond acceptors (Lipinski definition) is 2. The standard InChI is InChI=1S/C15H24BrN3O/c1-3-12-15(16)13(19(4-2)17-12)11-18-10-8-6-5-7-9-14(18)20/h3-11H2,1-2H3. The van der Waals surface area contributed by atoms with E-state index >= 15 is 0 Å². The number of rotatable bonds is 4. The van der Waals surface area contributed by atoms with E-state index in [0.717, 1.165) is 48.2 Å². The van der Waals surface area contributed by atoms with Crippen LogP contribution < -0.4 is 0 Å². The zero-order chi connectivity index (χ0) is 14.5. The number of likely N-dealkylation sites (tertiary alicyclic amines) is 1. The first-order chi connectivity index (χ1) is 9.67. The molecule has 1 amide bonds. The minimum atomic E-state index is 0.290. The highest BCUT2D eigenvalue weighted by Crippen LogP contribution is 2.25. The lowest BCUT2D eigenvalue weighted by atomic mass is 10.1. The minimum absolute atomic E-state index is 0.290. The topological polar surface area (TPSA) is 38.1 Å². The quantitative estimate of drug-likeness (QED) is 0.840. The lowest BCUT2D eigenvalue weighted by molar-refractivity contribution is -0.132.